The Morgan fingerprint density at radius 2 is 2.18 bits per heavy atom. The standard InChI is InChI=1S/C13H20FN3/c1-10-8-16(2)13(7-15)9-17(10)12-5-3-4-11(14)6-12/h3-6,10,13H,7-9,15H2,1-2H3. The van der Waals surface area contributed by atoms with Crippen molar-refractivity contribution in [3.8, 4) is 0 Å². The van der Waals surface area contributed by atoms with E-state index in [2.05, 4.69) is 23.8 Å². The summed E-state index contributed by atoms with van der Waals surface area (Å²) >= 11 is 0. The minimum atomic E-state index is -0.182. The monoisotopic (exact) mass is 237 g/mol. The van der Waals surface area contributed by atoms with Gasteiger partial charge < -0.3 is 10.6 Å². The van der Waals surface area contributed by atoms with E-state index >= 15 is 0 Å². The van der Waals surface area contributed by atoms with E-state index < -0.39 is 0 Å². The maximum Gasteiger partial charge on any atom is 0.125 e. The lowest BCUT2D eigenvalue weighted by Crippen LogP contribution is -2.58. The van der Waals surface area contributed by atoms with E-state index in [0.29, 0.717) is 18.6 Å². The van der Waals surface area contributed by atoms with Gasteiger partial charge in [0.2, 0.25) is 0 Å². The van der Waals surface area contributed by atoms with Gasteiger partial charge in [-0.3, -0.25) is 4.90 Å². The van der Waals surface area contributed by atoms with Crippen molar-refractivity contribution in [1.29, 1.82) is 0 Å². The fraction of sp³-hybridized carbons (Fsp3) is 0.538. The number of hydrogen-bond donors (Lipinski definition) is 1. The molecule has 94 valence electrons. The van der Waals surface area contributed by atoms with E-state index in [1.165, 1.54) is 6.07 Å². The molecule has 1 saturated heterocycles. The number of nitrogens with two attached hydrogens (primary N) is 1. The molecular formula is C13H20FN3. The number of likely N-dealkylation sites (N-methyl/N-ethyl adjacent to an activating group) is 1. The van der Waals surface area contributed by atoms with Gasteiger partial charge in [-0.25, -0.2) is 4.39 Å². The Kier molecular flexibility index (Phi) is 3.64. The number of piperazine rings is 1. The number of nitrogens with zero attached hydrogens (tertiary/aromatic N) is 2. The number of hydrogen-bond acceptors (Lipinski definition) is 3. The van der Waals surface area contributed by atoms with Crippen LogP contribution >= 0.6 is 0 Å². The molecule has 0 aromatic heterocycles. The second kappa shape index (κ2) is 5.02. The maximum atomic E-state index is 13.2. The molecule has 2 rings (SSSR count). The number of halogens is 1. The first kappa shape index (κ1) is 12.3. The van der Waals surface area contributed by atoms with Gasteiger partial charge in [-0.15, -0.1) is 0 Å². The summed E-state index contributed by atoms with van der Waals surface area (Å²) in [5, 5.41) is 0. The molecular weight excluding hydrogens is 217 g/mol. The maximum absolute atomic E-state index is 13.2. The number of benzene rings is 1. The average Bonchev–Trinajstić information content (AvgIpc) is 2.29. The lowest BCUT2D eigenvalue weighted by atomic mass is 10.1. The first-order valence-electron chi connectivity index (χ1n) is 6.04. The zero-order chi connectivity index (χ0) is 12.4. The highest BCUT2D eigenvalue weighted by molar-refractivity contribution is 5.48. The smallest absolute Gasteiger partial charge is 0.125 e. The molecule has 0 saturated carbocycles. The van der Waals surface area contributed by atoms with Crippen LogP contribution in [0.15, 0.2) is 24.3 Å². The summed E-state index contributed by atoms with van der Waals surface area (Å²) in [5.41, 5.74) is 6.72. The molecule has 0 aliphatic carbocycles. The van der Waals surface area contributed by atoms with Crippen LogP contribution in [0.1, 0.15) is 6.92 Å². The highest BCUT2D eigenvalue weighted by Crippen LogP contribution is 2.22. The quantitative estimate of drug-likeness (QED) is 0.841. The van der Waals surface area contributed by atoms with E-state index in [9.17, 15) is 4.39 Å². The Morgan fingerprint density at radius 3 is 2.82 bits per heavy atom. The summed E-state index contributed by atoms with van der Waals surface area (Å²) in [6, 6.07) is 7.50. The first-order valence-corrected chi connectivity index (χ1v) is 6.04. The van der Waals surface area contributed by atoms with E-state index in [0.717, 1.165) is 18.8 Å². The lowest BCUT2D eigenvalue weighted by molar-refractivity contribution is 0.197. The van der Waals surface area contributed by atoms with Crippen molar-refractivity contribution in [2.75, 3.05) is 31.6 Å². The summed E-state index contributed by atoms with van der Waals surface area (Å²) in [6.45, 7) is 4.61. The van der Waals surface area contributed by atoms with E-state index in [-0.39, 0.29) is 5.82 Å². The van der Waals surface area contributed by atoms with Crippen LogP contribution in [-0.2, 0) is 0 Å². The van der Waals surface area contributed by atoms with Crippen molar-refractivity contribution in [2.45, 2.75) is 19.0 Å². The molecule has 2 N–H and O–H groups in total. The molecule has 1 heterocycles. The molecule has 4 heteroatoms. The normalized spacial score (nSPS) is 26.2. The topological polar surface area (TPSA) is 32.5 Å². The van der Waals surface area contributed by atoms with Gasteiger partial charge in [0.15, 0.2) is 0 Å². The lowest BCUT2D eigenvalue weighted by Gasteiger charge is -2.44. The van der Waals surface area contributed by atoms with Gasteiger partial charge in [0.05, 0.1) is 0 Å². The molecule has 1 aliphatic rings. The predicted molar refractivity (Wildman–Crippen MR) is 68.7 cm³/mol. The van der Waals surface area contributed by atoms with Gasteiger partial charge in [-0.05, 0) is 32.2 Å². The third-order valence-electron chi connectivity index (χ3n) is 3.53. The first-order chi connectivity index (χ1) is 8.11. The average molecular weight is 237 g/mol. The molecule has 3 nitrogen and oxygen atoms in total. The minimum Gasteiger partial charge on any atom is -0.366 e. The fourth-order valence-corrected chi connectivity index (χ4v) is 2.48. The van der Waals surface area contributed by atoms with Crippen LogP contribution in [-0.4, -0.2) is 43.7 Å². The Labute approximate surface area is 102 Å². The van der Waals surface area contributed by atoms with Crippen LogP contribution in [0.2, 0.25) is 0 Å². The molecule has 1 aromatic rings. The van der Waals surface area contributed by atoms with Crippen LogP contribution < -0.4 is 10.6 Å². The summed E-state index contributed by atoms with van der Waals surface area (Å²) in [5.74, 6) is -0.182. The van der Waals surface area contributed by atoms with Gasteiger partial charge in [0.1, 0.15) is 5.82 Å². The van der Waals surface area contributed by atoms with Crippen molar-refractivity contribution in [1.82, 2.24) is 4.90 Å². The molecule has 1 fully saturated rings. The zero-order valence-electron chi connectivity index (χ0n) is 10.4. The van der Waals surface area contributed by atoms with Crippen molar-refractivity contribution in [2.24, 2.45) is 5.73 Å². The van der Waals surface area contributed by atoms with Crippen LogP contribution in [0.4, 0.5) is 10.1 Å². The Balaban J connectivity index is 2.20. The molecule has 1 aromatic carbocycles. The van der Waals surface area contributed by atoms with Crippen LogP contribution in [0.5, 0.6) is 0 Å². The molecule has 0 amide bonds. The highest BCUT2D eigenvalue weighted by Gasteiger charge is 2.28. The molecule has 0 spiro atoms. The molecule has 0 bridgehead atoms. The summed E-state index contributed by atoms with van der Waals surface area (Å²) in [7, 11) is 2.09. The third-order valence-corrected chi connectivity index (χ3v) is 3.53. The van der Waals surface area contributed by atoms with Crippen molar-refractivity contribution < 1.29 is 4.39 Å². The van der Waals surface area contributed by atoms with Crippen LogP contribution in [0.25, 0.3) is 0 Å². The highest BCUT2D eigenvalue weighted by atomic mass is 19.1. The minimum absolute atomic E-state index is 0.182. The zero-order valence-corrected chi connectivity index (χ0v) is 10.4. The number of rotatable bonds is 2. The van der Waals surface area contributed by atoms with E-state index in [1.807, 2.05) is 6.07 Å². The summed E-state index contributed by atoms with van der Waals surface area (Å²) in [6.07, 6.45) is 0. The molecule has 1 aliphatic heterocycles. The van der Waals surface area contributed by atoms with Gasteiger partial charge in [-0.2, -0.15) is 0 Å². The second-order valence-electron chi connectivity index (χ2n) is 4.81. The van der Waals surface area contributed by atoms with E-state index in [1.54, 1.807) is 12.1 Å². The van der Waals surface area contributed by atoms with E-state index in [4.69, 9.17) is 5.73 Å². The van der Waals surface area contributed by atoms with Crippen molar-refractivity contribution in [3.63, 3.8) is 0 Å². The fourth-order valence-electron chi connectivity index (χ4n) is 2.48. The third kappa shape index (κ3) is 2.58. The van der Waals surface area contributed by atoms with Gasteiger partial charge >= 0.3 is 0 Å². The Morgan fingerprint density at radius 1 is 1.41 bits per heavy atom. The van der Waals surface area contributed by atoms with Crippen molar-refractivity contribution in [3.05, 3.63) is 30.1 Å². The SMILES string of the molecule is CC1CN(C)C(CN)CN1c1cccc(F)c1. The van der Waals surface area contributed by atoms with Crippen LogP contribution in [0, 0.1) is 5.82 Å². The number of anilines is 1. The summed E-state index contributed by atoms with van der Waals surface area (Å²) in [4.78, 5) is 4.51. The molecule has 0 radical (unpaired) electrons. The van der Waals surface area contributed by atoms with Gasteiger partial charge in [0, 0.05) is 37.4 Å². The Hall–Kier alpha value is -1.13. The second-order valence-corrected chi connectivity index (χ2v) is 4.81. The molecule has 17 heavy (non-hydrogen) atoms. The van der Waals surface area contributed by atoms with Crippen molar-refractivity contribution >= 4 is 5.69 Å². The largest absolute Gasteiger partial charge is 0.366 e. The van der Waals surface area contributed by atoms with Gasteiger partial charge in [-0.1, -0.05) is 6.07 Å². The molecule has 2 unspecified atom stereocenters. The van der Waals surface area contributed by atoms with Gasteiger partial charge in [0.25, 0.3) is 0 Å². The predicted octanol–water partition coefficient (Wildman–Crippen LogP) is 1.29. The molecule has 2 atom stereocenters. The Bertz CT molecular complexity index is 383. The van der Waals surface area contributed by atoms with Crippen LogP contribution in [0.3, 0.4) is 0 Å². The summed E-state index contributed by atoms with van der Waals surface area (Å²) < 4.78 is 13.2.